The van der Waals surface area contributed by atoms with E-state index in [0.29, 0.717) is 18.7 Å². The molecule has 0 spiro atoms. The molecule has 29 heavy (non-hydrogen) atoms. The summed E-state index contributed by atoms with van der Waals surface area (Å²) in [4.78, 5) is 28.2. The summed E-state index contributed by atoms with van der Waals surface area (Å²) in [7, 11) is 7.64. The van der Waals surface area contributed by atoms with Crippen molar-refractivity contribution in [2.75, 3.05) is 52.7 Å². The Morgan fingerprint density at radius 3 is 2.21 bits per heavy atom. The zero-order chi connectivity index (χ0) is 21.6. The lowest BCUT2D eigenvalue weighted by Gasteiger charge is -2.16. The molecule has 1 aromatic carbocycles. The molecular formula is C20H32N4O5. The molecule has 1 fully saturated rings. The van der Waals surface area contributed by atoms with Crippen molar-refractivity contribution < 1.29 is 24.5 Å². The van der Waals surface area contributed by atoms with Gasteiger partial charge in [-0.1, -0.05) is 0 Å². The molecule has 0 unspecified atom stereocenters. The van der Waals surface area contributed by atoms with E-state index in [1.54, 1.807) is 12.1 Å². The van der Waals surface area contributed by atoms with Gasteiger partial charge in [-0.05, 0) is 38.4 Å². The number of aliphatic hydroxyl groups excluding tert-OH is 2. The number of nitrogens with zero attached hydrogens (tertiary/aromatic N) is 2. The van der Waals surface area contributed by atoms with Gasteiger partial charge in [0.15, 0.2) is 0 Å². The van der Waals surface area contributed by atoms with Crippen molar-refractivity contribution in [2.24, 2.45) is 0 Å². The zero-order valence-electron chi connectivity index (χ0n) is 17.5. The van der Waals surface area contributed by atoms with Crippen LogP contribution in [0.1, 0.15) is 16.8 Å². The fraction of sp³-hybridized carbons (Fsp3) is 0.600. The number of aliphatic hydroxyl groups is 2. The predicted octanol–water partition coefficient (Wildman–Crippen LogP) is -0.960. The van der Waals surface area contributed by atoms with Gasteiger partial charge >= 0.3 is 0 Å². The van der Waals surface area contributed by atoms with Crippen LogP contribution in [-0.4, -0.2) is 99.2 Å². The van der Waals surface area contributed by atoms with E-state index in [0.717, 1.165) is 5.69 Å². The largest absolute Gasteiger partial charge is 0.388 e. The molecule has 0 aromatic heterocycles. The molecule has 162 valence electrons. The standard InChI is InChI=1S/C20H32N4O5/c1-23(2)10-9-21-17(25)11-15-18(26)19(27)16(29-15)12-22-20(28)13-5-7-14(8-6-13)24(3)4/h5-8,15-16,18-19,26-27H,9-12H2,1-4H3,(H,21,25)(H,22,28)/t15-,16+,18-,19+/m0/s1. The Morgan fingerprint density at radius 1 is 1.00 bits per heavy atom. The van der Waals surface area contributed by atoms with Gasteiger partial charge in [0.2, 0.25) is 5.91 Å². The van der Waals surface area contributed by atoms with Crippen LogP contribution < -0.4 is 15.5 Å². The Labute approximate surface area is 171 Å². The number of nitrogens with one attached hydrogen (secondary N) is 2. The summed E-state index contributed by atoms with van der Waals surface area (Å²) < 4.78 is 5.63. The summed E-state index contributed by atoms with van der Waals surface area (Å²) in [6.45, 7) is 1.22. The zero-order valence-corrected chi connectivity index (χ0v) is 17.5. The van der Waals surface area contributed by atoms with Gasteiger partial charge in [0, 0.05) is 45.0 Å². The summed E-state index contributed by atoms with van der Waals surface area (Å²) in [5, 5.41) is 25.8. The highest BCUT2D eigenvalue weighted by Crippen LogP contribution is 2.23. The van der Waals surface area contributed by atoms with E-state index in [4.69, 9.17) is 4.74 Å². The maximum atomic E-state index is 12.3. The fourth-order valence-electron chi connectivity index (χ4n) is 3.04. The molecule has 1 heterocycles. The van der Waals surface area contributed by atoms with Gasteiger partial charge < -0.3 is 35.4 Å². The molecular weight excluding hydrogens is 376 g/mol. The van der Waals surface area contributed by atoms with E-state index in [9.17, 15) is 19.8 Å². The van der Waals surface area contributed by atoms with E-state index in [2.05, 4.69) is 10.6 Å². The Bertz CT molecular complexity index is 680. The van der Waals surface area contributed by atoms with Crippen molar-refractivity contribution in [1.29, 1.82) is 0 Å². The summed E-state index contributed by atoms with van der Waals surface area (Å²) in [6, 6.07) is 7.10. The molecule has 1 aliphatic heterocycles. The number of benzene rings is 1. The third-order valence-electron chi connectivity index (χ3n) is 4.84. The van der Waals surface area contributed by atoms with Crippen LogP contribution >= 0.6 is 0 Å². The third kappa shape index (κ3) is 6.67. The first-order chi connectivity index (χ1) is 13.7. The Balaban J connectivity index is 1.82. The molecule has 2 rings (SSSR count). The number of hydrogen-bond acceptors (Lipinski definition) is 7. The van der Waals surface area contributed by atoms with Crippen LogP contribution in [0.3, 0.4) is 0 Å². The molecule has 4 N–H and O–H groups in total. The Kier molecular flexibility index (Phi) is 8.39. The van der Waals surface area contributed by atoms with Gasteiger partial charge in [0.05, 0.1) is 12.5 Å². The Morgan fingerprint density at radius 2 is 1.62 bits per heavy atom. The van der Waals surface area contributed by atoms with Crippen LogP contribution in [0.4, 0.5) is 5.69 Å². The first-order valence-electron chi connectivity index (χ1n) is 9.67. The minimum absolute atomic E-state index is 0.0330. The summed E-state index contributed by atoms with van der Waals surface area (Å²) in [5.41, 5.74) is 1.46. The van der Waals surface area contributed by atoms with E-state index in [1.807, 2.05) is 50.1 Å². The van der Waals surface area contributed by atoms with Crippen molar-refractivity contribution in [3.05, 3.63) is 29.8 Å². The van der Waals surface area contributed by atoms with Gasteiger partial charge in [-0.25, -0.2) is 0 Å². The van der Waals surface area contributed by atoms with E-state index < -0.39 is 24.4 Å². The molecule has 0 radical (unpaired) electrons. The lowest BCUT2D eigenvalue weighted by Crippen LogP contribution is -2.40. The maximum Gasteiger partial charge on any atom is 0.251 e. The normalized spacial score (nSPS) is 23.8. The van der Waals surface area contributed by atoms with Crippen LogP contribution in [-0.2, 0) is 9.53 Å². The van der Waals surface area contributed by atoms with Crippen molar-refractivity contribution in [3.8, 4) is 0 Å². The molecule has 4 atom stereocenters. The van der Waals surface area contributed by atoms with Crippen molar-refractivity contribution in [1.82, 2.24) is 15.5 Å². The second-order valence-corrected chi connectivity index (χ2v) is 7.70. The fourth-order valence-corrected chi connectivity index (χ4v) is 3.04. The van der Waals surface area contributed by atoms with E-state index in [1.165, 1.54) is 0 Å². The number of amides is 2. The predicted molar refractivity (Wildman–Crippen MR) is 110 cm³/mol. The van der Waals surface area contributed by atoms with Gasteiger partial charge in [-0.3, -0.25) is 9.59 Å². The van der Waals surface area contributed by atoms with Crippen molar-refractivity contribution >= 4 is 17.5 Å². The van der Waals surface area contributed by atoms with Gasteiger partial charge in [-0.2, -0.15) is 0 Å². The average Bonchev–Trinajstić information content (AvgIpc) is 2.93. The second kappa shape index (κ2) is 10.5. The van der Waals surface area contributed by atoms with Crippen LogP contribution in [0, 0.1) is 0 Å². The van der Waals surface area contributed by atoms with Crippen molar-refractivity contribution in [2.45, 2.75) is 30.8 Å². The molecule has 0 saturated carbocycles. The molecule has 9 nitrogen and oxygen atoms in total. The monoisotopic (exact) mass is 408 g/mol. The average molecular weight is 408 g/mol. The summed E-state index contributed by atoms with van der Waals surface area (Å²) >= 11 is 0. The van der Waals surface area contributed by atoms with Crippen LogP contribution in [0.2, 0.25) is 0 Å². The van der Waals surface area contributed by atoms with Crippen LogP contribution in [0.25, 0.3) is 0 Å². The maximum absolute atomic E-state index is 12.3. The summed E-state index contributed by atoms with van der Waals surface area (Å²) in [6.07, 6.45) is -4.01. The smallest absolute Gasteiger partial charge is 0.251 e. The van der Waals surface area contributed by atoms with Gasteiger partial charge in [-0.15, -0.1) is 0 Å². The lowest BCUT2D eigenvalue weighted by atomic mass is 10.1. The first-order valence-corrected chi connectivity index (χ1v) is 9.67. The highest BCUT2D eigenvalue weighted by molar-refractivity contribution is 5.94. The molecule has 2 amide bonds. The number of rotatable bonds is 9. The Hall–Kier alpha value is -2.20. The van der Waals surface area contributed by atoms with Crippen molar-refractivity contribution in [3.63, 3.8) is 0 Å². The quantitative estimate of drug-likeness (QED) is 0.416. The molecule has 9 heteroatoms. The molecule has 0 bridgehead atoms. The number of ether oxygens (including phenoxy) is 1. The minimum Gasteiger partial charge on any atom is -0.388 e. The topological polar surface area (TPSA) is 114 Å². The molecule has 0 aliphatic carbocycles. The molecule has 1 aliphatic rings. The SMILES string of the molecule is CN(C)CCNC(=O)C[C@@H]1O[C@H](CNC(=O)c2ccc(N(C)C)cc2)[C@@H](O)[C@H]1O. The van der Waals surface area contributed by atoms with Crippen LogP contribution in [0.15, 0.2) is 24.3 Å². The highest BCUT2D eigenvalue weighted by atomic mass is 16.5. The molecule has 1 aromatic rings. The number of anilines is 1. The summed E-state index contributed by atoms with van der Waals surface area (Å²) in [5.74, 6) is -0.556. The minimum atomic E-state index is -1.18. The lowest BCUT2D eigenvalue weighted by molar-refractivity contribution is -0.125. The van der Waals surface area contributed by atoms with Gasteiger partial charge in [0.25, 0.3) is 5.91 Å². The number of likely N-dealkylation sites (N-methyl/N-ethyl adjacent to an activating group) is 1. The molecule has 1 saturated heterocycles. The van der Waals surface area contributed by atoms with Gasteiger partial charge in [0.1, 0.15) is 18.3 Å². The number of hydrogen-bond donors (Lipinski definition) is 4. The first kappa shape index (κ1) is 23.1. The van der Waals surface area contributed by atoms with E-state index >= 15 is 0 Å². The second-order valence-electron chi connectivity index (χ2n) is 7.70. The number of carbonyl (C=O) groups is 2. The van der Waals surface area contributed by atoms with E-state index in [-0.39, 0.29) is 24.8 Å². The van der Waals surface area contributed by atoms with Crippen LogP contribution in [0.5, 0.6) is 0 Å². The third-order valence-corrected chi connectivity index (χ3v) is 4.84. The number of carbonyl (C=O) groups excluding carboxylic acids is 2. The highest BCUT2D eigenvalue weighted by Gasteiger charge is 2.43.